The van der Waals surface area contributed by atoms with Gasteiger partial charge in [-0.05, 0) is 54.4 Å². The molecule has 0 unspecified atom stereocenters. The van der Waals surface area contributed by atoms with Crippen molar-refractivity contribution in [3.8, 4) is 39.6 Å². The van der Waals surface area contributed by atoms with Crippen molar-refractivity contribution >= 4 is 21.0 Å². The molecule has 0 saturated carbocycles. The van der Waals surface area contributed by atoms with Gasteiger partial charge in [0, 0.05) is 22.6 Å². The number of benzene rings is 4. The summed E-state index contributed by atoms with van der Waals surface area (Å²) in [5.41, 5.74) is -4.10. The Hall–Kier alpha value is -4.64. The summed E-state index contributed by atoms with van der Waals surface area (Å²) < 4.78 is 94.9. The molecule has 0 amide bonds. The van der Waals surface area contributed by atoms with Crippen molar-refractivity contribution in [2.45, 2.75) is 19.0 Å². The van der Waals surface area contributed by atoms with E-state index in [-0.39, 0.29) is 28.8 Å². The maximum atomic E-state index is 15.5. The van der Waals surface area contributed by atoms with Crippen molar-refractivity contribution in [2.75, 3.05) is 6.61 Å². The second-order valence-electron chi connectivity index (χ2n) is 9.03. The van der Waals surface area contributed by atoms with Gasteiger partial charge in [0.15, 0.2) is 5.75 Å². The van der Waals surface area contributed by atoms with Crippen molar-refractivity contribution in [3.63, 3.8) is 0 Å². The van der Waals surface area contributed by atoms with E-state index in [0.29, 0.717) is 23.5 Å². The molecule has 0 radical (unpaired) electrons. The minimum absolute atomic E-state index is 0.00560. The highest BCUT2D eigenvalue weighted by Crippen LogP contribution is 2.41. The van der Waals surface area contributed by atoms with Gasteiger partial charge in [-0.2, -0.15) is 21.6 Å². The first-order valence-corrected chi connectivity index (χ1v) is 14.1. The number of aromatic nitrogens is 1. The number of hydrogen-bond donors (Lipinski definition) is 0. The summed E-state index contributed by atoms with van der Waals surface area (Å²) in [5, 5.41) is 0.00560. The predicted molar refractivity (Wildman–Crippen MR) is 150 cm³/mol. The fourth-order valence-electron chi connectivity index (χ4n) is 4.34. The van der Waals surface area contributed by atoms with Crippen LogP contribution in [0.25, 0.3) is 33.3 Å². The summed E-state index contributed by atoms with van der Waals surface area (Å²) >= 11 is 0. The monoisotopic (exact) mass is 597 g/mol. The minimum Gasteiger partial charge on any atom is -0.494 e. The Morgan fingerprint density at radius 3 is 2.21 bits per heavy atom. The lowest BCUT2D eigenvalue weighted by Crippen LogP contribution is -2.28. The number of alkyl halides is 3. The average Bonchev–Trinajstić information content (AvgIpc) is 2.96. The molecule has 4 aromatic carbocycles. The van der Waals surface area contributed by atoms with Crippen LogP contribution in [0.15, 0.2) is 97.1 Å². The van der Waals surface area contributed by atoms with E-state index >= 15 is 4.39 Å². The third kappa shape index (κ3) is 6.01. The Balaban J connectivity index is 1.58. The van der Waals surface area contributed by atoms with Crippen LogP contribution in [0.1, 0.15) is 12.5 Å². The first-order chi connectivity index (χ1) is 20.1. The van der Waals surface area contributed by atoms with E-state index in [0.717, 1.165) is 17.4 Å². The summed E-state index contributed by atoms with van der Waals surface area (Å²) in [6.07, 6.45) is 0. The van der Waals surface area contributed by atoms with E-state index in [9.17, 15) is 21.6 Å². The van der Waals surface area contributed by atoms with Crippen molar-refractivity contribution < 1.29 is 39.6 Å². The van der Waals surface area contributed by atoms with E-state index in [2.05, 4.69) is 9.17 Å². The summed E-state index contributed by atoms with van der Waals surface area (Å²) in [7, 11) is -6.01. The summed E-state index contributed by atoms with van der Waals surface area (Å²) in [6.45, 7) is 2.62. The molecule has 0 saturated heterocycles. The predicted octanol–water partition coefficient (Wildman–Crippen LogP) is 7.91. The number of ether oxygens (including phenoxy) is 2. The third-order valence-corrected chi connectivity index (χ3v) is 7.20. The summed E-state index contributed by atoms with van der Waals surface area (Å²) in [5.74, 6) is -0.237. The third-order valence-electron chi connectivity index (χ3n) is 6.24. The lowest BCUT2D eigenvalue weighted by atomic mass is 9.95. The van der Waals surface area contributed by atoms with Gasteiger partial charge >= 0.3 is 15.6 Å². The molecular weight excluding hydrogens is 574 g/mol. The first kappa shape index (κ1) is 28.9. The van der Waals surface area contributed by atoms with Gasteiger partial charge < -0.3 is 13.7 Å². The van der Waals surface area contributed by atoms with Crippen LogP contribution in [0, 0.1) is 5.82 Å². The fraction of sp³-hybridized carbons (Fsp3) is 0.129. The minimum atomic E-state index is -6.01. The SMILES string of the molecule is CCOc1ccc(COc2ccccc2-c2cccc(F)c2-c2cc(OS(=O)(=O)C(F)(F)F)c3ccccc3n2)cc1. The van der Waals surface area contributed by atoms with Crippen LogP contribution in [0.2, 0.25) is 0 Å². The van der Waals surface area contributed by atoms with Crippen LogP contribution in [0.4, 0.5) is 17.6 Å². The molecule has 6 nitrogen and oxygen atoms in total. The highest BCUT2D eigenvalue weighted by molar-refractivity contribution is 7.88. The molecule has 0 spiro atoms. The molecule has 216 valence electrons. The zero-order chi connectivity index (χ0) is 29.9. The van der Waals surface area contributed by atoms with Gasteiger partial charge in [-0.1, -0.05) is 54.6 Å². The Bertz CT molecular complexity index is 1840. The van der Waals surface area contributed by atoms with E-state index < -0.39 is 27.2 Å². The van der Waals surface area contributed by atoms with Gasteiger partial charge in [0.2, 0.25) is 0 Å². The molecule has 5 aromatic rings. The van der Waals surface area contributed by atoms with Crippen molar-refractivity contribution in [1.29, 1.82) is 0 Å². The van der Waals surface area contributed by atoms with E-state index in [1.54, 1.807) is 36.4 Å². The van der Waals surface area contributed by atoms with Crippen molar-refractivity contribution in [3.05, 3.63) is 108 Å². The number of rotatable bonds is 9. The molecule has 0 bridgehead atoms. The molecule has 5 rings (SSSR count). The van der Waals surface area contributed by atoms with Gasteiger partial charge in [-0.3, -0.25) is 0 Å². The fourth-order valence-corrected chi connectivity index (χ4v) is 4.81. The topological polar surface area (TPSA) is 74.7 Å². The Kier molecular flexibility index (Phi) is 8.04. The molecule has 0 aliphatic rings. The second-order valence-corrected chi connectivity index (χ2v) is 10.6. The lowest BCUT2D eigenvalue weighted by molar-refractivity contribution is -0.0499. The number of hydrogen-bond acceptors (Lipinski definition) is 6. The Morgan fingerprint density at radius 2 is 1.48 bits per heavy atom. The zero-order valence-corrected chi connectivity index (χ0v) is 22.9. The Morgan fingerprint density at radius 1 is 0.786 bits per heavy atom. The largest absolute Gasteiger partial charge is 0.534 e. The van der Waals surface area contributed by atoms with Gasteiger partial charge in [-0.25, -0.2) is 9.37 Å². The molecule has 0 fully saturated rings. The molecule has 0 N–H and O–H groups in total. The number of nitrogens with zero attached hydrogens (tertiary/aromatic N) is 1. The molecular formula is C31H23F4NO5S. The van der Waals surface area contributed by atoms with E-state index in [4.69, 9.17) is 9.47 Å². The van der Waals surface area contributed by atoms with Crippen LogP contribution in [-0.4, -0.2) is 25.5 Å². The van der Waals surface area contributed by atoms with Crippen molar-refractivity contribution in [1.82, 2.24) is 4.98 Å². The number of pyridine rings is 1. The lowest BCUT2D eigenvalue weighted by Gasteiger charge is -2.17. The van der Waals surface area contributed by atoms with Gasteiger partial charge in [0.25, 0.3) is 0 Å². The highest BCUT2D eigenvalue weighted by atomic mass is 32.2. The Labute approximate surface area is 239 Å². The normalized spacial score (nSPS) is 11.8. The van der Waals surface area contributed by atoms with Crippen LogP contribution in [0.3, 0.4) is 0 Å². The van der Waals surface area contributed by atoms with Crippen molar-refractivity contribution in [2.24, 2.45) is 0 Å². The number of para-hydroxylation sites is 2. The summed E-state index contributed by atoms with van der Waals surface area (Å²) in [6, 6.07) is 25.4. The standard InChI is InChI=1S/C31H23F4NO5S/c1-2-39-21-16-14-20(15-17-21)19-40-28-13-6-4-8-22(28)23-10-7-11-25(32)30(23)27-18-29(41-42(37,38)31(33,34)35)24-9-3-5-12-26(24)36-27/h3-18H,2,19H2,1H3. The summed E-state index contributed by atoms with van der Waals surface area (Å²) in [4.78, 5) is 4.44. The van der Waals surface area contributed by atoms with Crippen LogP contribution in [-0.2, 0) is 16.7 Å². The second kappa shape index (κ2) is 11.7. The molecule has 0 aliphatic carbocycles. The molecule has 1 heterocycles. The van der Waals surface area contributed by atoms with Gasteiger partial charge in [0.05, 0.1) is 17.8 Å². The quantitative estimate of drug-likeness (QED) is 0.0977. The first-order valence-electron chi connectivity index (χ1n) is 12.7. The van der Waals surface area contributed by atoms with Crippen LogP contribution in [0.5, 0.6) is 17.2 Å². The molecule has 0 aliphatic heterocycles. The molecule has 1 aromatic heterocycles. The zero-order valence-electron chi connectivity index (χ0n) is 22.1. The van der Waals surface area contributed by atoms with E-state index in [1.165, 1.54) is 30.3 Å². The van der Waals surface area contributed by atoms with Gasteiger partial charge in [-0.15, -0.1) is 0 Å². The maximum Gasteiger partial charge on any atom is 0.534 e. The van der Waals surface area contributed by atoms with Crippen LogP contribution < -0.4 is 13.7 Å². The highest BCUT2D eigenvalue weighted by Gasteiger charge is 2.48. The molecule has 42 heavy (non-hydrogen) atoms. The average molecular weight is 598 g/mol. The smallest absolute Gasteiger partial charge is 0.494 e. The van der Waals surface area contributed by atoms with Gasteiger partial charge in [0.1, 0.15) is 23.9 Å². The van der Waals surface area contributed by atoms with Crippen LogP contribution >= 0.6 is 0 Å². The maximum absolute atomic E-state index is 15.5. The molecule has 11 heteroatoms. The van der Waals surface area contributed by atoms with E-state index in [1.807, 2.05) is 31.2 Å². The molecule has 0 atom stereocenters. The number of fused-ring (bicyclic) bond motifs is 1. The number of halogens is 4.